The topological polar surface area (TPSA) is 121 Å². The average Bonchev–Trinajstić information content (AvgIpc) is 3.20. The van der Waals surface area contributed by atoms with Gasteiger partial charge in [0, 0.05) is 18.2 Å². The van der Waals surface area contributed by atoms with Crippen LogP contribution in [0.3, 0.4) is 0 Å². The van der Waals surface area contributed by atoms with Gasteiger partial charge in [-0.05, 0) is 6.04 Å². The first-order valence-electron chi connectivity index (χ1n) is 7.51. The maximum atomic E-state index is 5.85. The third-order valence-corrected chi connectivity index (χ3v) is 3.73. The van der Waals surface area contributed by atoms with Crippen molar-refractivity contribution in [2.45, 2.75) is 13.0 Å². The molecule has 2 aromatic heterocycles. The minimum absolute atomic E-state index is 0.0350. The van der Waals surface area contributed by atoms with E-state index in [4.69, 9.17) is 10.5 Å². The highest BCUT2D eigenvalue weighted by Gasteiger charge is 2.20. The molecular weight excluding hydrogens is 308 g/mol. The van der Waals surface area contributed by atoms with Gasteiger partial charge in [-0.1, -0.05) is 30.2 Å². The number of hydrogen-bond donors (Lipinski definition) is 3. The summed E-state index contributed by atoms with van der Waals surface area (Å²) in [6.07, 6.45) is 0. The van der Waals surface area contributed by atoms with E-state index >= 15 is 0 Å². The van der Waals surface area contributed by atoms with Crippen molar-refractivity contribution in [3.63, 3.8) is 0 Å². The molecule has 0 radical (unpaired) electrons. The number of quaternary nitrogens is 1. The summed E-state index contributed by atoms with van der Waals surface area (Å²) in [7, 11) is 0. The van der Waals surface area contributed by atoms with Crippen molar-refractivity contribution in [2.75, 3.05) is 12.3 Å². The molecule has 24 heavy (non-hydrogen) atoms. The molecule has 122 valence electrons. The molecule has 0 aliphatic carbocycles. The number of fused-ring (bicyclic) bond motifs is 1. The molecule has 3 aromatic rings. The molecule has 0 spiro atoms. The molecule has 9 nitrogen and oxygen atoms in total. The zero-order valence-electron chi connectivity index (χ0n) is 13.0. The van der Waals surface area contributed by atoms with Gasteiger partial charge >= 0.3 is 0 Å². The van der Waals surface area contributed by atoms with Gasteiger partial charge < -0.3 is 15.9 Å². The first-order valence-corrected chi connectivity index (χ1v) is 7.51. The Morgan fingerprint density at radius 2 is 2.12 bits per heavy atom. The molecule has 0 fully saturated rings. The van der Waals surface area contributed by atoms with Crippen molar-refractivity contribution in [3.8, 4) is 5.75 Å². The lowest BCUT2D eigenvalue weighted by atomic mass is 10.2. The summed E-state index contributed by atoms with van der Waals surface area (Å²) >= 11 is 0. The number of hydrogen-bond acceptors (Lipinski definition) is 6. The molecule has 1 aromatic carbocycles. The number of H-pyrrole nitrogens is 1. The zero-order valence-corrected chi connectivity index (χ0v) is 13.0. The number of anilines is 1. The summed E-state index contributed by atoms with van der Waals surface area (Å²) in [4.78, 5) is 4.08. The minimum Gasteiger partial charge on any atom is -0.485 e. The second kappa shape index (κ2) is 5.87. The first-order chi connectivity index (χ1) is 11.7. The number of pyridine rings is 1. The lowest BCUT2D eigenvalue weighted by molar-refractivity contribution is -0.795. The standard InChI is InChI=1S/C15H16N8O/c1-9-11(21-23(20-9)10-5-3-2-4-6-10)8-24-12-7-13(16)17-15-14(12)18-22-19-15/h2-7,9,23H,8H2,1H3,(H3,16,17,18,19,22). The summed E-state index contributed by atoms with van der Waals surface area (Å²) in [6.45, 7) is 2.29. The van der Waals surface area contributed by atoms with Crippen LogP contribution >= 0.6 is 0 Å². The summed E-state index contributed by atoms with van der Waals surface area (Å²) in [6, 6.07) is 11.5. The Morgan fingerprint density at radius 1 is 1.29 bits per heavy atom. The van der Waals surface area contributed by atoms with Gasteiger partial charge in [0.05, 0.1) is 5.71 Å². The fourth-order valence-electron chi connectivity index (χ4n) is 2.48. The van der Waals surface area contributed by atoms with Crippen LogP contribution < -0.4 is 15.6 Å². The van der Waals surface area contributed by atoms with E-state index in [-0.39, 0.29) is 6.04 Å². The van der Waals surface area contributed by atoms with Crippen molar-refractivity contribution in [1.29, 1.82) is 0 Å². The van der Waals surface area contributed by atoms with Gasteiger partial charge in [0.15, 0.2) is 11.3 Å². The number of nitrogens with one attached hydrogen (secondary N) is 2. The van der Waals surface area contributed by atoms with Crippen LogP contribution in [0.1, 0.15) is 6.92 Å². The fraction of sp³-hybridized carbons (Fsp3) is 0.200. The predicted molar refractivity (Wildman–Crippen MR) is 88.9 cm³/mol. The molecule has 1 aliphatic heterocycles. The van der Waals surface area contributed by atoms with Crippen LogP contribution in [0.5, 0.6) is 5.75 Å². The van der Waals surface area contributed by atoms with Crippen molar-refractivity contribution < 1.29 is 9.85 Å². The van der Waals surface area contributed by atoms with Gasteiger partial charge in [-0.2, -0.15) is 10.3 Å². The van der Waals surface area contributed by atoms with Gasteiger partial charge in [-0.3, -0.25) is 0 Å². The highest BCUT2D eigenvalue weighted by atomic mass is 16.5. The van der Waals surface area contributed by atoms with Gasteiger partial charge in [0.25, 0.3) is 0 Å². The Morgan fingerprint density at radius 3 is 2.96 bits per heavy atom. The molecule has 2 unspecified atom stereocenters. The van der Waals surface area contributed by atoms with Gasteiger partial charge in [0.2, 0.25) is 5.65 Å². The highest BCUT2D eigenvalue weighted by Crippen LogP contribution is 2.23. The SMILES string of the molecule is CC1[N-][NH+](c2ccccc2)N=C1COc1cc(N)nc2n[nH]nc12. The largest absolute Gasteiger partial charge is 0.485 e. The van der Waals surface area contributed by atoms with Crippen LogP contribution in [-0.4, -0.2) is 38.8 Å². The van der Waals surface area contributed by atoms with Crippen molar-refractivity contribution in [3.05, 3.63) is 41.8 Å². The number of aromatic amines is 1. The number of benzene rings is 1. The predicted octanol–water partition coefficient (Wildman–Crippen LogP) is 0.577. The molecule has 0 saturated heterocycles. The van der Waals surface area contributed by atoms with Crippen LogP contribution in [0.4, 0.5) is 11.5 Å². The molecule has 4 rings (SSSR count). The Kier molecular flexibility index (Phi) is 3.56. The monoisotopic (exact) mass is 324 g/mol. The number of nitrogens with two attached hydrogens (primary N) is 1. The summed E-state index contributed by atoms with van der Waals surface area (Å²) in [5.41, 5.74) is 13.2. The molecule has 3 heterocycles. The van der Waals surface area contributed by atoms with Crippen LogP contribution in [0, 0.1) is 0 Å². The van der Waals surface area contributed by atoms with E-state index in [1.807, 2.05) is 37.3 Å². The molecule has 0 amide bonds. The van der Waals surface area contributed by atoms with E-state index in [1.165, 1.54) is 0 Å². The maximum Gasteiger partial charge on any atom is 0.207 e. The zero-order chi connectivity index (χ0) is 16.5. The minimum atomic E-state index is -0.0350. The van der Waals surface area contributed by atoms with Crippen molar-refractivity contribution in [2.24, 2.45) is 5.10 Å². The van der Waals surface area contributed by atoms with Crippen LogP contribution in [0.2, 0.25) is 0 Å². The second-order valence-corrected chi connectivity index (χ2v) is 5.43. The molecular formula is C15H16N8O. The smallest absolute Gasteiger partial charge is 0.207 e. The van der Waals surface area contributed by atoms with Crippen LogP contribution in [-0.2, 0) is 0 Å². The molecule has 0 saturated carbocycles. The van der Waals surface area contributed by atoms with Crippen LogP contribution in [0.25, 0.3) is 16.6 Å². The quantitative estimate of drug-likeness (QED) is 0.648. The fourth-order valence-corrected chi connectivity index (χ4v) is 2.48. The number of rotatable bonds is 4. The highest BCUT2D eigenvalue weighted by molar-refractivity contribution is 5.93. The number of nitrogens with zero attached hydrogens (tertiary/aromatic N) is 5. The third kappa shape index (κ3) is 2.66. The van der Waals surface area contributed by atoms with Gasteiger partial charge in [0.1, 0.15) is 18.1 Å². The van der Waals surface area contributed by atoms with E-state index in [2.05, 4.69) is 30.9 Å². The molecule has 1 aliphatic rings. The van der Waals surface area contributed by atoms with Crippen molar-refractivity contribution in [1.82, 2.24) is 20.4 Å². The first kappa shape index (κ1) is 14.5. The normalized spacial score (nSPS) is 20.3. The van der Waals surface area contributed by atoms with E-state index in [9.17, 15) is 0 Å². The van der Waals surface area contributed by atoms with Crippen LogP contribution in [0.15, 0.2) is 41.5 Å². The lowest BCUT2D eigenvalue weighted by Gasteiger charge is -2.21. The molecule has 0 bridgehead atoms. The van der Waals surface area contributed by atoms with Crippen molar-refractivity contribution >= 4 is 28.4 Å². The number of aromatic nitrogens is 4. The van der Waals surface area contributed by atoms with Gasteiger partial charge in [-0.25, -0.2) is 10.1 Å². The summed E-state index contributed by atoms with van der Waals surface area (Å²) in [5.74, 6) is 0.850. The third-order valence-electron chi connectivity index (χ3n) is 3.73. The summed E-state index contributed by atoms with van der Waals surface area (Å²) < 4.78 is 5.85. The lowest BCUT2D eigenvalue weighted by Crippen LogP contribution is -2.96. The Labute approximate surface area is 137 Å². The number of ether oxygens (including phenoxy) is 1. The Balaban J connectivity index is 1.53. The van der Waals surface area contributed by atoms with E-state index in [1.54, 1.807) is 6.07 Å². The Hall–Kier alpha value is -3.04. The average molecular weight is 324 g/mol. The number of nitrogen functional groups attached to an aromatic ring is 1. The van der Waals surface area contributed by atoms with E-state index in [0.717, 1.165) is 16.5 Å². The van der Waals surface area contributed by atoms with E-state index < -0.39 is 0 Å². The maximum absolute atomic E-state index is 5.85. The Bertz CT molecular complexity index is 891. The van der Waals surface area contributed by atoms with E-state index in [0.29, 0.717) is 29.3 Å². The second-order valence-electron chi connectivity index (χ2n) is 5.43. The molecule has 9 heteroatoms. The summed E-state index contributed by atoms with van der Waals surface area (Å²) in [5, 5.41) is 15.8. The molecule has 4 N–H and O–H groups in total. The molecule has 2 atom stereocenters. The van der Waals surface area contributed by atoms with Gasteiger partial charge in [-0.15, -0.1) is 5.10 Å².